The lowest BCUT2D eigenvalue weighted by molar-refractivity contribution is -0.157. The van der Waals surface area contributed by atoms with Gasteiger partial charge in [-0.3, -0.25) is 4.79 Å². The first-order valence-electron chi connectivity index (χ1n) is 10.9. The average molecular weight is 390 g/mol. The topological polar surface area (TPSA) is 64.6 Å². The van der Waals surface area contributed by atoms with Crippen LogP contribution in [0.25, 0.3) is 0 Å². The van der Waals surface area contributed by atoms with Crippen molar-refractivity contribution in [2.24, 2.45) is 29.6 Å². The van der Waals surface area contributed by atoms with Crippen LogP contribution in [0.1, 0.15) is 59.8 Å². The predicted octanol–water partition coefficient (Wildman–Crippen LogP) is 4.63. The molecular weight excluding hydrogens is 354 g/mol. The average Bonchev–Trinajstić information content (AvgIpc) is 2.60. The molecule has 7 atom stereocenters. The summed E-state index contributed by atoms with van der Waals surface area (Å²) in [4.78, 5) is 23.9. The fourth-order valence-electron chi connectivity index (χ4n) is 5.20. The van der Waals surface area contributed by atoms with E-state index in [1.807, 2.05) is 6.92 Å². The van der Waals surface area contributed by atoms with Crippen LogP contribution in [0.4, 0.5) is 4.79 Å². The second-order valence-corrected chi connectivity index (χ2v) is 9.00. The quantitative estimate of drug-likeness (QED) is 0.697. The molecule has 0 aromatic rings. The Bertz CT molecular complexity index is 641. The highest BCUT2D eigenvalue weighted by Crippen LogP contribution is 2.45. The number of nitrogens with one attached hydrogen (secondary N) is 1. The van der Waals surface area contributed by atoms with Gasteiger partial charge in [-0.15, -0.1) is 0 Å². The molecule has 0 aromatic carbocycles. The van der Waals surface area contributed by atoms with Crippen molar-refractivity contribution in [3.63, 3.8) is 0 Å². The van der Waals surface area contributed by atoms with Crippen LogP contribution in [0, 0.1) is 29.6 Å². The molecule has 156 valence electrons. The zero-order chi connectivity index (χ0) is 20.3. The van der Waals surface area contributed by atoms with Gasteiger partial charge in [0.2, 0.25) is 0 Å². The lowest BCUT2D eigenvalue weighted by Crippen LogP contribution is -2.43. The summed E-state index contributed by atoms with van der Waals surface area (Å²) in [5.74, 6) is 1.74. The number of esters is 1. The zero-order valence-electron chi connectivity index (χ0n) is 17.6. The minimum Gasteiger partial charge on any atom is -0.462 e. The van der Waals surface area contributed by atoms with E-state index < -0.39 is 0 Å². The maximum absolute atomic E-state index is 12.1. The maximum Gasteiger partial charge on any atom is 0.407 e. The van der Waals surface area contributed by atoms with E-state index in [-0.39, 0.29) is 30.2 Å². The summed E-state index contributed by atoms with van der Waals surface area (Å²) >= 11 is 0. The Kier molecular flexibility index (Phi) is 6.84. The van der Waals surface area contributed by atoms with Crippen molar-refractivity contribution in [3.8, 4) is 0 Å². The number of rotatable bonds is 5. The van der Waals surface area contributed by atoms with Crippen molar-refractivity contribution < 1.29 is 19.1 Å². The zero-order valence-corrected chi connectivity index (χ0v) is 17.6. The van der Waals surface area contributed by atoms with Crippen LogP contribution in [-0.2, 0) is 14.3 Å². The first-order chi connectivity index (χ1) is 13.4. The largest absolute Gasteiger partial charge is 0.462 e. The molecule has 1 amide bonds. The highest BCUT2D eigenvalue weighted by molar-refractivity contribution is 5.70. The molecule has 0 radical (unpaired) electrons. The van der Waals surface area contributed by atoms with Crippen LogP contribution in [0.2, 0.25) is 0 Å². The predicted molar refractivity (Wildman–Crippen MR) is 109 cm³/mol. The maximum atomic E-state index is 12.1. The molecule has 1 fully saturated rings. The highest BCUT2D eigenvalue weighted by atomic mass is 16.6. The molecule has 0 saturated carbocycles. The number of carbonyl (C=O) groups is 2. The van der Waals surface area contributed by atoms with Crippen molar-refractivity contribution in [1.29, 1.82) is 0 Å². The highest BCUT2D eigenvalue weighted by Gasteiger charge is 2.41. The van der Waals surface area contributed by atoms with Gasteiger partial charge in [-0.05, 0) is 61.9 Å². The van der Waals surface area contributed by atoms with E-state index in [1.54, 1.807) is 0 Å². The van der Waals surface area contributed by atoms with E-state index in [0.717, 1.165) is 25.7 Å². The normalized spacial score (nSPS) is 37.5. The minimum absolute atomic E-state index is 0.0204. The number of hydrogen-bond donors (Lipinski definition) is 1. The molecule has 0 unspecified atom stereocenters. The SMILES string of the molecule is CCNC(=O)O[C@H]1C[C@@H](C)C=C2C=C[C@H](C)[C@H](CC[C@@H]3C[C@@H](C)CC(=O)O3)[C@H]21. The van der Waals surface area contributed by atoms with Crippen LogP contribution < -0.4 is 5.32 Å². The first-order valence-corrected chi connectivity index (χ1v) is 10.9. The Morgan fingerprint density at radius 1 is 1.25 bits per heavy atom. The third-order valence-corrected chi connectivity index (χ3v) is 6.48. The van der Waals surface area contributed by atoms with Crippen LogP contribution >= 0.6 is 0 Å². The second kappa shape index (κ2) is 9.15. The Labute approximate surface area is 168 Å². The monoisotopic (exact) mass is 389 g/mol. The lowest BCUT2D eigenvalue weighted by atomic mass is 9.65. The van der Waals surface area contributed by atoms with Gasteiger partial charge in [0.05, 0.1) is 0 Å². The van der Waals surface area contributed by atoms with Gasteiger partial charge in [-0.1, -0.05) is 39.0 Å². The number of carbonyl (C=O) groups excluding carboxylic acids is 2. The van der Waals surface area contributed by atoms with Crippen molar-refractivity contribution in [2.75, 3.05) is 6.54 Å². The Hall–Kier alpha value is -1.78. The molecule has 1 saturated heterocycles. The second-order valence-electron chi connectivity index (χ2n) is 9.00. The van der Waals surface area contributed by atoms with Crippen LogP contribution in [0.5, 0.6) is 0 Å². The van der Waals surface area contributed by atoms with Gasteiger partial charge in [-0.2, -0.15) is 0 Å². The molecule has 2 aliphatic carbocycles. The summed E-state index contributed by atoms with van der Waals surface area (Å²) in [5.41, 5.74) is 1.30. The molecule has 0 spiro atoms. The van der Waals surface area contributed by atoms with Crippen LogP contribution in [0.3, 0.4) is 0 Å². The van der Waals surface area contributed by atoms with E-state index in [0.29, 0.717) is 36.6 Å². The fraction of sp³-hybridized carbons (Fsp3) is 0.739. The van der Waals surface area contributed by atoms with E-state index in [2.05, 4.69) is 44.3 Å². The van der Waals surface area contributed by atoms with Gasteiger partial charge in [-0.25, -0.2) is 4.79 Å². The molecule has 0 aromatic heterocycles. The fourth-order valence-corrected chi connectivity index (χ4v) is 5.20. The smallest absolute Gasteiger partial charge is 0.407 e. The molecule has 0 bridgehead atoms. The van der Waals surface area contributed by atoms with Crippen LogP contribution in [-0.4, -0.2) is 30.8 Å². The number of cyclic esters (lactones) is 1. The summed E-state index contributed by atoms with van der Waals surface area (Å²) in [6, 6.07) is 0. The summed E-state index contributed by atoms with van der Waals surface area (Å²) in [6.07, 6.45) is 10.6. The third-order valence-electron chi connectivity index (χ3n) is 6.48. The van der Waals surface area contributed by atoms with Crippen molar-refractivity contribution in [3.05, 3.63) is 23.8 Å². The molecule has 1 aliphatic heterocycles. The van der Waals surface area contributed by atoms with E-state index in [4.69, 9.17) is 9.47 Å². The van der Waals surface area contributed by atoms with E-state index in [1.165, 1.54) is 5.57 Å². The van der Waals surface area contributed by atoms with Crippen molar-refractivity contribution >= 4 is 12.1 Å². The molecular formula is C23H35NO4. The Morgan fingerprint density at radius 2 is 2.04 bits per heavy atom. The summed E-state index contributed by atoms with van der Waals surface area (Å²) < 4.78 is 11.5. The molecule has 1 heterocycles. The number of allylic oxidation sites excluding steroid dienone is 3. The molecule has 28 heavy (non-hydrogen) atoms. The number of amides is 1. The summed E-state index contributed by atoms with van der Waals surface area (Å²) in [7, 11) is 0. The number of alkyl carbamates (subject to hydrolysis) is 1. The van der Waals surface area contributed by atoms with Crippen LogP contribution in [0.15, 0.2) is 23.8 Å². The first kappa shape index (κ1) is 20.9. The van der Waals surface area contributed by atoms with Gasteiger partial charge < -0.3 is 14.8 Å². The minimum atomic E-state index is -0.322. The van der Waals surface area contributed by atoms with Crippen molar-refractivity contribution in [1.82, 2.24) is 5.32 Å². The molecule has 5 nitrogen and oxygen atoms in total. The lowest BCUT2D eigenvalue weighted by Gasteiger charge is -2.43. The van der Waals surface area contributed by atoms with E-state index >= 15 is 0 Å². The molecule has 1 N–H and O–H groups in total. The van der Waals surface area contributed by atoms with Gasteiger partial charge >= 0.3 is 12.1 Å². The number of ether oxygens (including phenoxy) is 2. The number of hydrogen-bond acceptors (Lipinski definition) is 4. The van der Waals surface area contributed by atoms with Gasteiger partial charge in [0.25, 0.3) is 0 Å². The standard InChI is InChI=1S/C23H35NO4/c1-5-24-23(26)28-20-12-14(2)10-17-7-6-16(4)19(22(17)20)9-8-18-11-15(3)13-21(25)27-18/h6-7,10,14-16,18-20,22H,5,8-9,11-13H2,1-4H3,(H,24,26)/t14-,15+,16-,18+,19-,20-,22-/m0/s1. The molecule has 3 rings (SSSR count). The van der Waals surface area contributed by atoms with E-state index in [9.17, 15) is 9.59 Å². The Balaban J connectivity index is 1.72. The van der Waals surface area contributed by atoms with Gasteiger partial charge in [0.15, 0.2) is 0 Å². The molecule has 5 heteroatoms. The molecule has 3 aliphatic rings. The van der Waals surface area contributed by atoms with Gasteiger partial charge in [0.1, 0.15) is 12.2 Å². The summed E-state index contributed by atoms with van der Waals surface area (Å²) in [5, 5.41) is 2.77. The van der Waals surface area contributed by atoms with Crippen molar-refractivity contribution in [2.45, 2.75) is 72.0 Å². The third kappa shape index (κ3) is 4.98. The Morgan fingerprint density at radius 3 is 2.75 bits per heavy atom. The summed E-state index contributed by atoms with van der Waals surface area (Å²) in [6.45, 7) is 9.02. The van der Waals surface area contributed by atoms with Gasteiger partial charge in [0, 0.05) is 18.9 Å². The number of fused-ring (bicyclic) bond motifs is 1.